The van der Waals surface area contributed by atoms with Gasteiger partial charge in [0.2, 0.25) is 0 Å². The molecular formula is C11H16N2O6. The number of hydrogen-bond donors (Lipinski definition) is 4. The fourth-order valence-corrected chi connectivity index (χ4v) is 2.15. The number of H-pyrrole nitrogens is 1. The molecule has 0 aliphatic carbocycles. The predicted molar refractivity (Wildman–Crippen MR) is 63.8 cm³/mol. The summed E-state index contributed by atoms with van der Waals surface area (Å²) >= 11 is 0. The van der Waals surface area contributed by atoms with Crippen molar-refractivity contribution in [1.29, 1.82) is 0 Å². The van der Waals surface area contributed by atoms with E-state index >= 15 is 0 Å². The highest BCUT2D eigenvalue weighted by molar-refractivity contribution is 5.15. The number of aliphatic hydroxyl groups is 3. The van der Waals surface area contributed by atoms with E-state index < -0.39 is 42.4 Å². The van der Waals surface area contributed by atoms with Crippen LogP contribution in [0.4, 0.5) is 0 Å². The summed E-state index contributed by atoms with van der Waals surface area (Å²) in [5, 5.41) is 28.6. The summed E-state index contributed by atoms with van der Waals surface area (Å²) in [5.74, 6) is 0. The summed E-state index contributed by atoms with van der Waals surface area (Å²) in [6, 6.07) is 0. The first-order valence-electron chi connectivity index (χ1n) is 5.83. The zero-order valence-electron chi connectivity index (χ0n) is 10.5. The summed E-state index contributed by atoms with van der Waals surface area (Å²) in [4.78, 5) is 25.4. The second-order valence-corrected chi connectivity index (χ2v) is 4.57. The van der Waals surface area contributed by atoms with Gasteiger partial charge >= 0.3 is 5.69 Å². The van der Waals surface area contributed by atoms with Crippen molar-refractivity contribution in [3.63, 3.8) is 0 Å². The van der Waals surface area contributed by atoms with Crippen LogP contribution in [0, 0.1) is 13.8 Å². The molecule has 0 spiro atoms. The lowest BCUT2D eigenvalue weighted by Gasteiger charge is -2.20. The highest BCUT2D eigenvalue weighted by Crippen LogP contribution is 2.28. The minimum atomic E-state index is -1.36. The van der Waals surface area contributed by atoms with Crippen molar-refractivity contribution in [1.82, 2.24) is 9.55 Å². The minimum Gasteiger partial charge on any atom is -0.394 e. The molecule has 2 rings (SSSR count). The highest BCUT2D eigenvalue weighted by atomic mass is 16.6. The van der Waals surface area contributed by atoms with Gasteiger partial charge in [-0.25, -0.2) is 4.79 Å². The first-order chi connectivity index (χ1) is 8.88. The number of aromatic nitrogens is 2. The molecule has 4 N–H and O–H groups in total. The standard InChI is InChI=1S/C11H16N2O6/c1-4-5(2)13(11(18)12-9(4)17)10-8(16)7(15)6(3-14)19-10/h6-8,10,14-16H,3H2,1-2H3,(H,12,17,18)/t6-,7+,8+,10-/m0/s1. The lowest BCUT2D eigenvalue weighted by atomic mass is 10.1. The van der Waals surface area contributed by atoms with Crippen LogP contribution >= 0.6 is 0 Å². The summed E-state index contributed by atoms with van der Waals surface area (Å²) in [6.45, 7) is 2.59. The maximum Gasteiger partial charge on any atom is 0.330 e. The van der Waals surface area contributed by atoms with Crippen molar-refractivity contribution in [2.24, 2.45) is 0 Å². The van der Waals surface area contributed by atoms with Gasteiger partial charge in [0.05, 0.1) is 6.61 Å². The average molecular weight is 272 g/mol. The molecule has 106 valence electrons. The van der Waals surface area contributed by atoms with Crippen LogP contribution < -0.4 is 11.2 Å². The van der Waals surface area contributed by atoms with Crippen LogP contribution in [0.1, 0.15) is 17.5 Å². The molecule has 2 heterocycles. The molecule has 0 amide bonds. The Labute approximate surface area is 107 Å². The van der Waals surface area contributed by atoms with Crippen LogP contribution in [0.5, 0.6) is 0 Å². The van der Waals surface area contributed by atoms with Gasteiger partial charge in [0.15, 0.2) is 6.23 Å². The molecule has 0 aromatic carbocycles. The predicted octanol–water partition coefficient (Wildman–Crippen LogP) is -2.24. The first-order valence-corrected chi connectivity index (χ1v) is 5.83. The third kappa shape index (κ3) is 2.12. The van der Waals surface area contributed by atoms with Gasteiger partial charge in [0, 0.05) is 11.3 Å². The van der Waals surface area contributed by atoms with Crippen LogP contribution in [0.2, 0.25) is 0 Å². The molecule has 1 aliphatic heterocycles. The van der Waals surface area contributed by atoms with Gasteiger partial charge in [0.1, 0.15) is 18.3 Å². The van der Waals surface area contributed by atoms with Crippen LogP contribution in [0.25, 0.3) is 0 Å². The maximum absolute atomic E-state index is 11.8. The monoisotopic (exact) mass is 272 g/mol. The molecule has 19 heavy (non-hydrogen) atoms. The Morgan fingerprint density at radius 3 is 2.42 bits per heavy atom. The van der Waals surface area contributed by atoms with Crippen molar-refractivity contribution in [2.45, 2.75) is 38.4 Å². The summed E-state index contributed by atoms with van der Waals surface area (Å²) in [5.41, 5.74) is -0.589. The van der Waals surface area contributed by atoms with Crippen LogP contribution in [0.15, 0.2) is 9.59 Å². The van der Waals surface area contributed by atoms with E-state index in [4.69, 9.17) is 9.84 Å². The second kappa shape index (κ2) is 4.89. The molecule has 8 heteroatoms. The number of nitrogens with one attached hydrogen (secondary N) is 1. The Morgan fingerprint density at radius 1 is 1.26 bits per heavy atom. The van der Waals surface area contributed by atoms with E-state index in [0.29, 0.717) is 11.3 Å². The lowest BCUT2D eigenvalue weighted by Crippen LogP contribution is -2.40. The van der Waals surface area contributed by atoms with E-state index in [1.54, 1.807) is 6.92 Å². The quantitative estimate of drug-likeness (QED) is 0.482. The van der Waals surface area contributed by atoms with Crippen LogP contribution in [-0.2, 0) is 4.74 Å². The van der Waals surface area contributed by atoms with Gasteiger partial charge in [-0.2, -0.15) is 0 Å². The Bertz CT molecular complexity index is 592. The van der Waals surface area contributed by atoms with Crippen molar-refractivity contribution in [2.75, 3.05) is 6.61 Å². The Balaban J connectivity index is 2.52. The summed E-state index contributed by atoms with van der Waals surface area (Å²) in [7, 11) is 0. The molecule has 0 unspecified atom stereocenters. The van der Waals surface area contributed by atoms with Gasteiger partial charge < -0.3 is 20.1 Å². The smallest absolute Gasteiger partial charge is 0.330 e. The Kier molecular flexibility index (Phi) is 3.59. The minimum absolute atomic E-state index is 0.317. The summed E-state index contributed by atoms with van der Waals surface area (Å²) < 4.78 is 6.34. The van der Waals surface area contributed by atoms with Gasteiger partial charge in [-0.05, 0) is 13.8 Å². The third-order valence-electron chi connectivity index (χ3n) is 3.46. The van der Waals surface area contributed by atoms with Gasteiger partial charge in [0.25, 0.3) is 5.56 Å². The van der Waals surface area contributed by atoms with E-state index in [0.717, 1.165) is 4.57 Å². The lowest BCUT2D eigenvalue weighted by molar-refractivity contribution is -0.0560. The molecule has 0 bridgehead atoms. The average Bonchev–Trinajstić information content (AvgIpc) is 2.64. The van der Waals surface area contributed by atoms with E-state index in [9.17, 15) is 19.8 Å². The molecule has 1 fully saturated rings. The molecule has 1 saturated heterocycles. The summed E-state index contributed by atoms with van der Waals surface area (Å²) in [6.07, 6.45) is -4.78. The fraction of sp³-hybridized carbons (Fsp3) is 0.636. The number of rotatable bonds is 2. The zero-order valence-corrected chi connectivity index (χ0v) is 10.5. The molecule has 1 aromatic heterocycles. The van der Waals surface area contributed by atoms with Gasteiger partial charge in [-0.1, -0.05) is 0 Å². The van der Waals surface area contributed by atoms with E-state index in [1.165, 1.54) is 6.92 Å². The SMILES string of the molecule is Cc1c(C)n([C@H]2O[C@@H](CO)[C@@H](O)[C@H]2O)c(=O)[nH]c1=O. The number of hydrogen-bond acceptors (Lipinski definition) is 6. The normalized spacial score (nSPS) is 30.8. The molecule has 4 atom stereocenters. The van der Waals surface area contributed by atoms with Crippen molar-refractivity contribution < 1.29 is 20.1 Å². The fourth-order valence-electron chi connectivity index (χ4n) is 2.15. The maximum atomic E-state index is 11.8. The number of aromatic amines is 1. The van der Waals surface area contributed by atoms with Crippen LogP contribution in [-0.4, -0.2) is 49.8 Å². The van der Waals surface area contributed by atoms with Crippen molar-refractivity contribution in [3.05, 3.63) is 32.1 Å². The molecule has 0 radical (unpaired) electrons. The molecule has 0 saturated carbocycles. The van der Waals surface area contributed by atoms with E-state index in [2.05, 4.69) is 4.98 Å². The van der Waals surface area contributed by atoms with Crippen LogP contribution in [0.3, 0.4) is 0 Å². The number of aliphatic hydroxyl groups excluding tert-OH is 3. The highest BCUT2D eigenvalue weighted by Gasteiger charge is 2.44. The zero-order chi connectivity index (χ0) is 14.3. The van der Waals surface area contributed by atoms with Crippen molar-refractivity contribution in [3.8, 4) is 0 Å². The first kappa shape index (κ1) is 13.9. The Morgan fingerprint density at radius 2 is 1.89 bits per heavy atom. The topological polar surface area (TPSA) is 125 Å². The van der Waals surface area contributed by atoms with E-state index in [-0.39, 0.29) is 0 Å². The third-order valence-corrected chi connectivity index (χ3v) is 3.46. The molecule has 1 aliphatic rings. The number of ether oxygens (including phenoxy) is 1. The second-order valence-electron chi connectivity index (χ2n) is 4.57. The van der Waals surface area contributed by atoms with Crippen molar-refractivity contribution >= 4 is 0 Å². The molecule has 1 aromatic rings. The number of nitrogens with zero attached hydrogens (tertiary/aromatic N) is 1. The Hall–Kier alpha value is -1.48. The molecule has 8 nitrogen and oxygen atoms in total. The largest absolute Gasteiger partial charge is 0.394 e. The molecular weight excluding hydrogens is 256 g/mol. The van der Waals surface area contributed by atoms with Gasteiger partial charge in [-0.15, -0.1) is 0 Å². The van der Waals surface area contributed by atoms with Gasteiger partial charge in [-0.3, -0.25) is 14.3 Å². The van der Waals surface area contributed by atoms with E-state index in [1.807, 2.05) is 0 Å².